The molecule has 0 radical (unpaired) electrons. The standard InChI is InChI=1S/C29H21NO2S/c31-29(28-12-6-8-23-7-4-5-11-27(23)28)30-33-26-19-15-22(16-20-26)21-13-17-25(18-14-21)32-24-9-2-1-3-10-24/h1-20H,(H,30,31). The molecule has 5 aromatic carbocycles. The van der Waals surface area contributed by atoms with Crippen molar-refractivity contribution in [2.45, 2.75) is 4.90 Å². The van der Waals surface area contributed by atoms with Gasteiger partial charge in [-0.3, -0.25) is 9.52 Å². The van der Waals surface area contributed by atoms with E-state index in [0.717, 1.165) is 38.3 Å². The van der Waals surface area contributed by atoms with E-state index in [0.29, 0.717) is 5.56 Å². The highest BCUT2D eigenvalue weighted by Gasteiger charge is 2.10. The number of para-hydroxylation sites is 1. The van der Waals surface area contributed by atoms with Crippen molar-refractivity contribution < 1.29 is 9.53 Å². The summed E-state index contributed by atoms with van der Waals surface area (Å²) in [4.78, 5) is 13.7. The van der Waals surface area contributed by atoms with Crippen LogP contribution in [0.25, 0.3) is 21.9 Å². The van der Waals surface area contributed by atoms with Crippen LogP contribution in [-0.4, -0.2) is 5.91 Å². The van der Waals surface area contributed by atoms with Gasteiger partial charge >= 0.3 is 0 Å². The molecule has 0 fully saturated rings. The minimum atomic E-state index is -0.102. The van der Waals surface area contributed by atoms with Crippen molar-refractivity contribution in [1.82, 2.24) is 4.72 Å². The molecule has 33 heavy (non-hydrogen) atoms. The summed E-state index contributed by atoms with van der Waals surface area (Å²) in [5.41, 5.74) is 2.88. The fourth-order valence-corrected chi connectivity index (χ4v) is 4.23. The van der Waals surface area contributed by atoms with E-state index in [1.165, 1.54) is 11.9 Å². The summed E-state index contributed by atoms with van der Waals surface area (Å²) < 4.78 is 8.82. The Morgan fingerprint density at radius 2 is 1.21 bits per heavy atom. The van der Waals surface area contributed by atoms with E-state index in [9.17, 15) is 4.79 Å². The maximum absolute atomic E-state index is 12.7. The molecule has 0 saturated carbocycles. The van der Waals surface area contributed by atoms with Gasteiger partial charge in [-0.25, -0.2) is 0 Å². The molecule has 4 heteroatoms. The maximum atomic E-state index is 12.7. The van der Waals surface area contributed by atoms with Gasteiger partial charge in [0.05, 0.1) is 0 Å². The lowest BCUT2D eigenvalue weighted by Gasteiger charge is -2.09. The molecule has 0 bridgehead atoms. The van der Waals surface area contributed by atoms with Crippen molar-refractivity contribution in [3.05, 3.63) is 127 Å². The lowest BCUT2D eigenvalue weighted by molar-refractivity contribution is 0.0986. The maximum Gasteiger partial charge on any atom is 0.261 e. The third-order valence-electron chi connectivity index (χ3n) is 5.32. The molecule has 0 aliphatic carbocycles. The summed E-state index contributed by atoms with van der Waals surface area (Å²) >= 11 is 1.32. The number of amides is 1. The SMILES string of the molecule is O=C(NSc1ccc(-c2ccc(Oc3ccccc3)cc2)cc1)c1cccc2ccccc12. The summed E-state index contributed by atoms with van der Waals surface area (Å²) in [7, 11) is 0. The zero-order chi connectivity index (χ0) is 22.5. The first kappa shape index (κ1) is 20.9. The second-order valence-electron chi connectivity index (χ2n) is 7.52. The van der Waals surface area contributed by atoms with Crippen molar-refractivity contribution in [2.75, 3.05) is 0 Å². The number of benzene rings is 5. The van der Waals surface area contributed by atoms with Gasteiger partial charge in [-0.1, -0.05) is 78.9 Å². The first-order valence-corrected chi connectivity index (χ1v) is 11.5. The third kappa shape index (κ3) is 4.92. The minimum absolute atomic E-state index is 0.102. The normalized spacial score (nSPS) is 10.7. The van der Waals surface area contributed by atoms with E-state index < -0.39 is 0 Å². The summed E-state index contributed by atoms with van der Waals surface area (Å²) in [5, 5.41) is 2.01. The number of carbonyl (C=O) groups is 1. The van der Waals surface area contributed by atoms with Crippen LogP contribution in [0, 0.1) is 0 Å². The van der Waals surface area contributed by atoms with Gasteiger partial charge in [0, 0.05) is 10.5 Å². The van der Waals surface area contributed by atoms with Crippen molar-refractivity contribution in [3.8, 4) is 22.6 Å². The number of fused-ring (bicyclic) bond motifs is 1. The van der Waals surface area contributed by atoms with Crippen LogP contribution in [0.5, 0.6) is 11.5 Å². The van der Waals surface area contributed by atoms with Gasteiger partial charge in [0.25, 0.3) is 5.91 Å². The first-order chi connectivity index (χ1) is 16.3. The van der Waals surface area contributed by atoms with Crippen LogP contribution in [0.3, 0.4) is 0 Å². The molecule has 0 saturated heterocycles. The van der Waals surface area contributed by atoms with Crippen LogP contribution in [0.4, 0.5) is 0 Å². The van der Waals surface area contributed by atoms with E-state index in [1.54, 1.807) is 0 Å². The Kier molecular flexibility index (Phi) is 6.09. The Morgan fingerprint density at radius 3 is 1.97 bits per heavy atom. The fourth-order valence-electron chi connectivity index (χ4n) is 3.64. The molecule has 0 aliphatic heterocycles. The van der Waals surface area contributed by atoms with Gasteiger partial charge in [0.15, 0.2) is 0 Å². The van der Waals surface area contributed by atoms with Crippen molar-refractivity contribution in [2.24, 2.45) is 0 Å². The second kappa shape index (κ2) is 9.63. The zero-order valence-corrected chi connectivity index (χ0v) is 18.6. The second-order valence-corrected chi connectivity index (χ2v) is 8.40. The van der Waals surface area contributed by atoms with Crippen LogP contribution in [0.15, 0.2) is 126 Å². The molecule has 3 nitrogen and oxygen atoms in total. The minimum Gasteiger partial charge on any atom is -0.457 e. The van der Waals surface area contributed by atoms with E-state index in [-0.39, 0.29) is 5.91 Å². The van der Waals surface area contributed by atoms with Crippen LogP contribution in [0.2, 0.25) is 0 Å². The van der Waals surface area contributed by atoms with E-state index in [2.05, 4.69) is 16.9 Å². The number of ether oxygens (including phenoxy) is 1. The molecule has 160 valence electrons. The lowest BCUT2D eigenvalue weighted by Crippen LogP contribution is -2.15. The van der Waals surface area contributed by atoms with Gasteiger partial charge in [-0.15, -0.1) is 0 Å². The number of nitrogens with one attached hydrogen (secondary N) is 1. The monoisotopic (exact) mass is 447 g/mol. The highest BCUT2D eigenvalue weighted by atomic mass is 32.2. The Hall–Kier alpha value is -4.02. The quantitative estimate of drug-likeness (QED) is 0.271. The largest absolute Gasteiger partial charge is 0.457 e. The molecule has 0 heterocycles. The van der Waals surface area contributed by atoms with Crippen molar-refractivity contribution in [1.29, 1.82) is 0 Å². The van der Waals surface area contributed by atoms with E-state index >= 15 is 0 Å². The van der Waals surface area contributed by atoms with Crippen LogP contribution >= 0.6 is 11.9 Å². The highest BCUT2D eigenvalue weighted by Crippen LogP contribution is 2.27. The van der Waals surface area contributed by atoms with E-state index in [4.69, 9.17) is 4.74 Å². The van der Waals surface area contributed by atoms with Gasteiger partial charge in [-0.2, -0.15) is 0 Å². The predicted molar refractivity (Wildman–Crippen MR) is 136 cm³/mol. The van der Waals surface area contributed by atoms with Crippen LogP contribution in [0.1, 0.15) is 10.4 Å². The number of rotatable bonds is 6. The van der Waals surface area contributed by atoms with Crippen LogP contribution < -0.4 is 9.46 Å². The fraction of sp³-hybridized carbons (Fsp3) is 0. The number of hydrogen-bond donors (Lipinski definition) is 1. The average Bonchev–Trinajstić information content (AvgIpc) is 2.88. The Bertz CT molecular complexity index is 1380. The molecule has 1 amide bonds. The Balaban J connectivity index is 1.23. The Labute approximate surface area is 197 Å². The van der Waals surface area contributed by atoms with Gasteiger partial charge in [0.2, 0.25) is 0 Å². The van der Waals surface area contributed by atoms with Crippen molar-refractivity contribution in [3.63, 3.8) is 0 Å². The molecule has 5 rings (SSSR count). The van der Waals surface area contributed by atoms with Crippen LogP contribution in [-0.2, 0) is 0 Å². The Morgan fingerprint density at radius 1 is 0.606 bits per heavy atom. The summed E-state index contributed by atoms with van der Waals surface area (Å²) in [5.74, 6) is 1.51. The molecule has 0 spiro atoms. The van der Waals surface area contributed by atoms with Crippen molar-refractivity contribution >= 4 is 28.6 Å². The molecule has 5 aromatic rings. The molecular formula is C29H21NO2S. The summed E-state index contributed by atoms with van der Waals surface area (Å²) in [6, 6.07) is 39.6. The zero-order valence-electron chi connectivity index (χ0n) is 17.8. The van der Waals surface area contributed by atoms with Gasteiger partial charge < -0.3 is 4.74 Å². The third-order valence-corrected chi connectivity index (χ3v) is 6.11. The topological polar surface area (TPSA) is 38.3 Å². The smallest absolute Gasteiger partial charge is 0.261 e. The molecule has 0 aliphatic rings. The highest BCUT2D eigenvalue weighted by molar-refractivity contribution is 7.98. The summed E-state index contributed by atoms with van der Waals surface area (Å²) in [6.45, 7) is 0. The number of hydrogen-bond acceptors (Lipinski definition) is 3. The molecule has 1 N–H and O–H groups in total. The lowest BCUT2D eigenvalue weighted by atomic mass is 10.0. The van der Waals surface area contributed by atoms with E-state index in [1.807, 2.05) is 109 Å². The van der Waals surface area contributed by atoms with Gasteiger partial charge in [0.1, 0.15) is 11.5 Å². The molecule has 0 atom stereocenters. The molecule has 0 aromatic heterocycles. The molecular weight excluding hydrogens is 426 g/mol. The average molecular weight is 448 g/mol. The predicted octanol–water partition coefficient (Wildman–Crippen LogP) is 7.74. The number of carbonyl (C=O) groups excluding carboxylic acids is 1. The summed E-state index contributed by atoms with van der Waals surface area (Å²) in [6.07, 6.45) is 0. The molecule has 0 unspecified atom stereocenters. The first-order valence-electron chi connectivity index (χ1n) is 10.6. The van der Waals surface area contributed by atoms with Gasteiger partial charge in [-0.05, 0) is 76.3 Å².